The number of rotatable bonds is 8. The summed E-state index contributed by atoms with van der Waals surface area (Å²) in [6.07, 6.45) is 9.72. The zero-order valence-corrected chi connectivity index (χ0v) is 22.3. The normalized spacial score (nSPS) is 23.8. The molecule has 10 heteroatoms. The summed E-state index contributed by atoms with van der Waals surface area (Å²) in [7, 11) is 1.63. The molecule has 0 amide bonds. The Bertz CT molecular complexity index is 1550. The summed E-state index contributed by atoms with van der Waals surface area (Å²) in [5.74, 6) is 2.65. The Balaban J connectivity index is 1.07. The number of anilines is 1. The van der Waals surface area contributed by atoms with Gasteiger partial charge in [-0.2, -0.15) is 10.4 Å². The van der Waals surface area contributed by atoms with E-state index in [9.17, 15) is 10.4 Å². The summed E-state index contributed by atoms with van der Waals surface area (Å²) in [5, 5.41) is 23.7. The molecule has 4 aliphatic rings. The van der Waals surface area contributed by atoms with E-state index >= 15 is 0 Å². The van der Waals surface area contributed by atoms with Gasteiger partial charge in [0, 0.05) is 61.3 Å². The van der Waals surface area contributed by atoms with Crippen molar-refractivity contribution >= 4 is 11.3 Å². The van der Waals surface area contributed by atoms with Gasteiger partial charge >= 0.3 is 0 Å². The molecule has 204 valence electrons. The first kappa shape index (κ1) is 24.8. The minimum atomic E-state index is -0.208. The van der Waals surface area contributed by atoms with E-state index in [-0.39, 0.29) is 6.10 Å². The fourth-order valence-electron chi connectivity index (χ4n) is 6.23. The topological polar surface area (TPSA) is 112 Å². The number of hydrogen-bond donors (Lipinski definition) is 1. The van der Waals surface area contributed by atoms with Gasteiger partial charge in [-0.05, 0) is 48.9 Å². The minimum absolute atomic E-state index is 0.208. The van der Waals surface area contributed by atoms with Crippen LogP contribution < -0.4 is 14.4 Å². The predicted octanol–water partition coefficient (Wildman–Crippen LogP) is 3.28. The lowest BCUT2D eigenvalue weighted by atomic mass is 9.83. The van der Waals surface area contributed by atoms with E-state index in [0.717, 1.165) is 54.9 Å². The third-order valence-electron chi connectivity index (χ3n) is 8.50. The average molecular weight is 538 g/mol. The number of aliphatic hydroxyl groups is 1. The number of ether oxygens (including phenoxy) is 2. The van der Waals surface area contributed by atoms with E-state index in [4.69, 9.17) is 14.5 Å². The number of piperazine rings is 1. The summed E-state index contributed by atoms with van der Waals surface area (Å²) in [4.78, 5) is 14.1. The highest BCUT2D eigenvalue weighted by Crippen LogP contribution is 2.37. The smallest absolute Gasteiger partial charge is 0.212 e. The molecule has 1 saturated carbocycles. The van der Waals surface area contributed by atoms with Gasteiger partial charge in [-0.15, -0.1) is 0 Å². The molecule has 3 aliphatic heterocycles. The molecule has 4 aromatic rings. The van der Waals surface area contributed by atoms with Crippen molar-refractivity contribution in [2.24, 2.45) is 5.92 Å². The SMILES string of the molecule is COc1ccc(CN2[C@H]3C[C@H]2CN(c2ccc(-c4cc(OCC5CC(O)C5)cn5ncc(C#N)c45)cn2)C3)cn1. The molecular formula is C30H31N7O3. The molecule has 2 atom stereocenters. The number of fused-ring (bicyclic) bond motifs is 3. The van der Waals surface area contributed by atoms with Crippen LogP contribution in [0.4, 0.5) is 5.82 Å². The monoisotopic (exact) mass is 537 g/mol. The van der Waals surface area contributed by atoms with Crippen LogP contribution in [0.3, 0.4) is 0 Å². The first-order chi connectivity index (χ1) is 19.6. The van der Waals surface area contributed by atoms with Crippen molar-refractivity contribution in [2.75, 3.05) is 31.7 Å². The average Bonchev–Trinajstić information content (AvgIpc) is 3.40. The van der Waals surface area contributed by atoms with Gasteiger partial charge in [-0.25, -0.2) is 14.5 Å². The zero-order valence-electron chi connectivity index (χ0n) is 22.3. The van der Waals surface area contributed by atoms with Crippen molar-refractivity contribution in [1.29, 1.82) is 5.26 Å². The molecule has 3 saturated heterocycles. The molecule has 0 unspecified atom stereocenters. The first-order valence-corrected chi connectivity index (χ1v) is 13.8. The van der Waals surface area contributed by atoms with E-state index in [1.54, 1.807) is 17.8 Å². The molecule has 40 heavy (non-hydrogen) atoms. The Labute approximate surface area is 232 Å². The highest BCUT2D eigenvalue weighted by atomic mass is 16.5. The van der Waals surface area contributed by atoms with Gasteiger partial charge < -0.3 is 19.5 Å². The number of nitriles is 1. The largest absolute Gasteiger partial charge is 0.492 e. The number of methoxy groups -OCH3 is 1. The van der Waals surface area contributed by atoms with Crippen LogP contribution in [0.5, 0.6) is 11.6 Å². The number of nitrogens with zero attached hydrogens (tertiary/aromatic N) is 7. The van der Waals surface area contributed by atoms with E-state index in [1.807, 2.05) is 30.7 Å². The van der Waals surface area contributed by atoms with Crippen molar-refractivity contribution < 1.29 is 14.6 Å². The molecule has 10 nitrogen and oxygen atoms in total. The standard InChI is InChI=1S/C30H31N7O3/c1-39-29-5-2-19(11-33-29)14-36-23-8-24(36)16-35(15-23)28-4-3-21(12-32-28)27-9-26(40-18-20-6-25(38)7-20)17-37-30(27)22(10-31)13-34-37/h2-5,9,11-13,17,20,23-25,38H,6-8,14-16,18H2,1H3/t20?,23-,24-,25?/m0/s1. The molecule has 0 aromatic carbocycles. The summed E-state index contributed by atoms with van der Waals surface area (Å²) in [5.41, 5.74) is 4.22. The van der Waals surface area contributed by atoms with Gasteiger partial charge in [0.2, 0.25) is 5.88 Å². The second-order valence-corrected chi connectivity index (χ2v) is 11.1. The number of aliphatic hydroxyl groups excluding tert-OH is 1. The van der Waals surface area contributed by atoms with Crippen molar-refractivity contribution in [3.8, 4) is 28.8 Å². The third-order valence-corrected chi connectivity index (χ3v) is 8.50. The molecule has 4 aromatic heterocycles. The molecule has 0 radical (unpaired) electrons. The number of pyridine rings is 3. The second kappa shape index (κ2) is 10.1. The van der Waals surface area contributed by atoms with Gasteiger partial charge in [0.05, 0.1) is 43.3 Å². The van der Waals surface area contributed by atoms with Gasteiger partial charge in [0.25, 0.3) is 0 Å². The summed E-state index contributed by atoms with van der Waals surface area (Å²) in [6.45, 7) is 3.33. The third kappa shape index (κ3) is 4.51. The Hall–Kier alpha value is -4.20. The minimum Gasteiger partial charge on any atom is -0.492 e. The maximum Gasteiger partial charge on any atom is 0.212 e. The van der Waals surface area contributed by atoms with Gasteiger partial charge in [-0.1, -0.05) is 6.07 Å². The summed E-state index contributed by atoms with van der Waals surface area (Å²) >= 11 is 0. The fourth-order valence-corrected chi connectivity index (χ4v) is 6.23. The highest BCUT2D eigenvalue weighted by Gasteiger charge is 2.44. The summed E-state index contributed by atoms with van der Waals surface area (Å²) in [6, 6.07) is 13.4. The van der Waals surface area contributed by atoms with Crippen molar-refractivity contribution in [3.05, 3.63) is 66.2 Å². The van der Waals surface area contributed by atoms with E-state index in [1.165, 1.54) is 12.0 Å². The van der Waals surface area contributed by atoms with Gasteiger partial charge in [-0.3, -0.25) is 4.90 Å². The molecular weight excluding hydrogens is 506 g/mol. The maximum absolute atomic E-state index is 9.69. The molecule has 7 heterocycles. The lowest BCUT2D eigenvalue weighted by molar-refractivity contribution is -0.00876. The van der Waals surface area contributed by atoms with Crippen molar-refractivity contribution in [1.82, 2.24) is 24.5 Å². The lowest BCUT2D eigenvalue weighted by Crippen LogP contribution is -2.68. The van der Waals surface area contributed by atoms with Gasteiger partial charge in [0.1, 0.15) is 17.6 Å². The molecule has 1 N–H and O–H groups in total. The van der Waals surface area contributed by atoms with Crippen molar-refractivity contribution in [3.63, 3.8) is 0 Å². The Morgan fingerprint density at radius 2 is 1.90 bits per heavy atom. The van der Waals surface area contributed by atoms with Gasteiger partial charge in [0.15, 0.2) is 0 Å². The fraction of sp³-hybridized carbons (Fsp3) is 0.400. The molecule has 1 aliphatic carbocycles. The molecule has 2 bridgehead atoms. The van der Waals surface area contributed by atoms with Crippen LogP contribution in [0.15, 0.2) is 55.1 Å². The lowest BCUT2D eigenvalue weighted by Gasteiger charge is -2.56. The summed E-state index contributed by atoms with van der Waals surface area (Å²) < 4.78 is 13.0. The number of piperidine rings is 1. The zero-order chi connectivity index (χ0) is 27.2. The Morgan fingerprint density at radius 3 is 2.58 bits per heavy atom. The Kier molecular flexibility index (Phi) is 6.25. The molecule has 4 fully saturated rings. The second-order valence-electron chi connectivity index (χ2n) is 11.1. The number of hydrogen-bond acceptors (Lipinski definition) is 9. The van der Waals surface area contributed by atoms with Crippen LogP contribution in [0.2, 0.25) is 0 Å². The molecule has 8 rings (SSSR count). The molecule has 0 spiro atoms. The van der Waals surface area contributed by atoms with Crippen LogP contribution in [-0.4, -0.2) is 74.6 Å². The van der Waals surface area contributed by atoms with E-state index in [0.29, 0.717) is 41.8 Å². The van der Waals surface area contributed by atoms with E-state index < -0.39 is 0 Å². The van der Waals surface area contributed by atoms with Crippen LogP contribution in [0, 0.1) is 17.2 Å². The van der Waals surface area contributed by atoms with Crippen LogP contribution in [0.25, 0.3) is 16.6 Å². The Morgan fingerprint density at radius 1 is 1.05 bits per heavy atom. The van der Waals surface area contributed by atoms with Crippen LogP contribution >= 0.6 is 0 Å². The van der Waals surface area contributed by atoms with E-state index in [2.05, 4.69) is 44.2 Å². The predicted molar refractivity (Wildman–Crippen MR) is 148 cm³/mol. The quantitative estimate of drug-likeness (QED) is 0.362. The number of aromatic nitrogens is 4. The van der Waals surface area contributed by atoms with Crippen LogP contribution in [-0.2, 0) is 6.54 Å². The maximum atomic E-state index is 9.69. The first-order valence-electron chi connectivity index (χ1n) is 13.8. The highest BCUT2D eigenvalue weighted by molar-refractivity contribution is 5.85. The van der Waals surface area contributed by atoms with Crippen LogP contribution in [0.1, 0.15) is 30.4 Å². The van der Waals surface area contributed by atoms with Crippen molar-refractivity contribution in [2.45, 2.75) is 44.0 Å².